The first-order valence-electron chi connectivity index (χ1n) is 6.20. The molecule has 2 atom stereocenters. The van der Waals surface area contributed by atoms with Gasteiger partial charge in [0.05, 0.1) is 6.04 Å². The van der Waals surface area contributed by atoms with E-state index >= 15 is 0 Å². The quantitative estimate of drug-likeness (QED) is 0.537. The molecule has 2 aliphatic rings. The van der Waals surface area contributed by atoms with Crippen molar-refractivity contribution in [3.8, 4) is 0 Å². The molecule has 2 unspecified atom stereocenters. The third-order valence-corrected chi connectivity index (χ3v) is 3.42. The van der Waals surface area contributed by atoms with Crippen molar-refractivity contribution < 1.29 is 9.59 Å². The van der Waals surface area contributed by atoms with Gasteiger partial charge in [0.25, 0.3) is 0 Å². The molecular weight excluding hydrogens is 220 g/mol. The molecule has 2 aliphatic heterocycles. The predicted octanol–water partition coefficient (Wildman–Crippen LogP) is -1.72. The van der Waals surface area contributed by atoms with Crippen LogP contribution in [0.5, 0.6) is 0 Å². The Kier molecular flexibility index (Phi) is 3.96. The van der Waals surface area contributed by atoms with Gasteiger partial charge in [-0.1, -0.05) is 0 Å². The molecule has 0 aliphatic carbocycles. The molecule has 0 bridgehead atoms. The number of hydrogen-bond acceptors (Lipinski definition) is 4. The first-order chi connectivity index (χ1) is 8.24. The molecular formula is C11H20N4O2. The molecule has 0 aromatic carbocycles. The summed E-state index contributed by atoms with van der Waals surface area (Å²) in [5.41, 5.74) is 0. The maximum absolute atomic E-state index is 12.3. The Labute approximate surface area is 101 Å². The summed E-state index contributed by atoms with van der Waals surface area (Å²) in [6.45, 7) is 3.03. The molecule has 0 spiro atoms. The highest BCUT2D eigenvalue weighted by molar-refractivity contribution is 5.90. The smallest absolute Gasteiger partial charge is 0.242 e. The van der Waals surface area contributed by atoms with Crippen LogP contribution in [0.3, 0.4) is 0 Å². The van der Waals surface area contributed by atoms with Crippen LogP contribution in [0.25, 0.3) is 0 Å². The molecule has 2 rings (SSSR count). The summed E-state index contributed by atoms with van der Waals surface area (Å²) in [5, 5.41) is 9.00. The summed E-state index contributed by atoms with van der Waals surface area (Å²) >= 11 is 0. The summed E-state index contributed by atoms with van der Waals surface area (Å²) in [5.74, 6) is -0.0112. The standard InChI is InChI=1S/C11H20N4O2/c1-12-10(16)9-3-2-6-15(9)11(17)8-7-13-4-5-14-8/h8-9,13-14H,2-7H2,1H3,(H,12,16). The van der Waals surface area contributed by atoms with Gasteiger partial charge in [-0.25, -0.2) is 0 Å². The molecule has 3 N–H and O–H groups in total. The second-order valence-electron chi connectivity index (χ2n) is 4.51. The molecule has 0 aromatic rings. The van der Waals surface area contributed by atoms with Crippen LogP contribution >= 0.6 is 0 Å². The molecule has 2 heterocycles. The van der Waals surface area contributed by atoms with Crippen LogP contribution in [0.4, 0.5) is 0 Å². The Morgan fingerprint density at radius 3 is 2.82 bits per heavy atom. The molecule has 17 heavy (non-hydrogen) atoms. The Bertz CT molecular complexity index is 302. The number of hydrogen-bond donors (Lipinski definition) is 3. The third kappa shape index (κ3) is 2.58. The van der Waals surface area contributed by atoms with Gasteiger partial charge in [-0.05, 0) is 12.8 Å². The molecule has 6 nitrogen and oxygen atoms in total. The van der Waals surface area contributed by atoms with Crippen molar-refractivity contribution in [2.45, 2.75) is 24.9 Å². The number of carbonyl (C=O) groups is 2. The van der Waals surface area contributed by atoms with Crippen LogP contribution in [-0.4, -0.2) is 62.0 Å². The van der Waals surface area contributed by atoms with E-state index in [1.807, 2.05) is 0 Å². The van der Waals surface area contributed by atoms with Gasteiger partial charge in [-0.15, -0.1) is 0 Å². The van der Waals surface area contributed by atoms with E-state index < -0.39 is 0 Å². The van der Waals surface area contributed by atoms with E-state index in [1.54, 1.807) is 11.9 Å². The van der Waals surface area contributed by atoms with Crippen molar-refractivity contribution in [2.75, 3.05) is 33.2 Å². The Balaban J connectivity index is 1.99. The minimum atomic E-state index is -0.281. The molecule has 2 amide bonds. The number of piperazine rings is 1. The maximum atomic E-state index is 12.3. The van der Waals surface area contributed by atoms with Gasteiger partial charge in [0, 0.05) is 33.2 Å². The largest absolute Gasteiger partial charge is 0.357 e. The molecule has 2 fully saturated rings. The van der Waals surface area contributed by atoms with Crippen molar-refractivity contribution in [1.29, 1.82) is 0 Å². The predicted molar refractivity (Wildman–Crippen MR) is 63.5 cm³/mol. The fourth-order valence-electron chi connectivity index (χ4n) is 2.50. The molecule has 0 aromatic heterocycles. The van der Waals surface area contributed by atoms with E-state index in [1.165, 1.54) is 0 Å². The van der Waals surface area contributed by atoms with E-state index in [2.05, 4.69) is 16.0 Å². The van der Waals surface area contributed by atoms with Crippen LogP contribution in [-0.2, 0) is 9.59 Å². The van der Waals surface area contributed by atoms with E-state index in [0.29, 0.717) is 13.1 Å². The molecule has 6 heteroatoms. The van der Waals surface area contributed by atoms with Crippen molar-refractivity contribution in [3.63, 3.8) is 0 Å². The number of likely N-dealkylation sites (N-methyl/N-ethyl adjacent to an activating group) is 1. The van der Waals surface area contributed by atoms with Crippen LogP contribution in [0.2, 0.25) is 0 Å². The lowest BCUT2D eigenvalue weighted by Gasteiger charge is -2.30. The molecule has 0 radical (unpaired) electrons. The Morgan fingerprint density at radius 2 is 2.18 bits per heavy atom. The topological polar surface area (TPSA) is 73.5 Å². The number of nitrogens with zero attached hydrogens (tertiary/aromatic N) is 1. The zero-order valence-electron chi connectivity index (χ0n) is 10.2. The summed E-state index contributed by atoms with van der Waals surface area (Å²) in [4.78, 5) is 25.7. The van der Waals surface area contributed by atoms with Gasteiger partial charge in [-0.3, -0.25) is 9.59 Å². The second-order valence-corrected chi connectivity index (χ2v) is 4.51. The fraction of sp³-hybridized carbons (Fsp3) is 0.818. The van der Waals surface area contributed by atoms with Crippen molar-refractivity contribution in [1.82, 2.24) is 20.9 Å². The lowest BCUT2D eigenvalue weighted by molar-refractivity contribution is -0.140. The van der Waals surface area contributed by atoms with Gasteiger partial charge in [0.15, 0.2) is 0 Å². The van der Waals surface area contributed by atoms with Gasteiger partial charge >= 0.3 is 0 Å². The van der Waals surface area contributed by atoms with Crippen LogP contribution < -0.4 is 16.0 Å². The third-order valence-electron chi connectivity index (χ3n) is 3.42. The molecule has 2 saturated heterocycles. The first-order valence-corrected chi connectivity index (χ1v) is 6.20. The highest BCUT2D eigenvalue weighted by atomic mass is 16.2. The van der Waals surface area contributed by atoms with Gasteiger partial charge < -0.3 is 20.9 Å². The highest BCUT2D eigenvalue weighted by Crippen LogP contribution is 2.18. The minimum Gasteiger partial charge on any atom is -0.357 e. The van der Waals surface area contributed by atoms with E-state index in [-0.39, 0.29) is 23.9 Å². The summed E-state index contributed by atoms with van der Waals surface area (Å²) in [6.07, 6.45) is 1.68. The average molecular weight is 240 g/mol. The molecule has 96 valence electrons. The maximum Gasteiger partial charge on any atom is 0.242 e. The van der Waals surface area contributed by atoms with Crippen molar-refractivity contribution >= 4 is 11.8 Å². The Hall–Kier alpha value is -1.14. The van der Waals surface area contributed by atoms with Crippen LogP contribution in [0, 0.1) is 0 Å². The lowest BCUT2D eigenvalue weighted by atomic mass is 10.1. The van der Waals surface area contributed by atoms with Gasteiger partial charge in [0.1, 0.15) is 6.04 Å². The monoisotopic (exact) mass is 240 g/mol. The second kappa shape index (κ2) is 5.46. The molecule has 0 saturated carbocycles. The zero-order chi connectivity index (χ0) is 12.3. The normalized spacial score (nSPS) is 29.1. The van der Waals surface area contributed by atoms with Crippen molar-refractivity contribution in [2.24, 2.45) is 0 Å². The van der Waals surface area contributed by atoms with Crippen LogP contribution in [0.1, 0.15) is 12.8 Å². The summed E-state index contributed by atoms with van der Waals surface area (Å²) in [6, 6.07) is -0.467. The SMILES string of the molecule is CNC(=O)C1CCCN1C(=O)C1CNCCN1. The average Bonchev–Trinajstić information content (AvgIpc) is 2.87. The number of likely N-dealkylation sites (tertiary alicyclic amines) is 1. The summed E-state index contributed by atoms with van der Waals surface area (Å²) < 4.78 is 0. The number of carbonyl (C=O) groups excluding carboxylic acids is 2. The van der Waals surface area contributed by atoms with E-state index in [9.17, 15) is 9.59 Å². The lowest BCUT2D eigenvalue weighted by Crippen LogP contribution is -2.58. The van der Waals surface area contributed by atoms with E-state index in [0.717, 1.165) is 25.9 Å². The number of amides is 2. The number of rotatable bonds is 2. The van der Waals surface area contributed by atoms with Crippen molar-refractivity contribution in [3.05, 3.63) is 0 Å². The Morgan fingerprint density at radius 1 is 1.35 bits per heavy atom. The minimum absolute atomic E-state index is 0.0447. The van der Waals surface area contributed by atoms with Crippen LogP contribution in [0.15, 0.2) is 0 Å². The fourth-order valence-corrected chi connectivity index (χ4v) is 2.50. The van der Waals surface area contributed by atoms with Gasteiger partial charge in [-0.2, -0.15) is 0 Å². The first kappa shape index (κ1) is 12.3. The van der Waals surface area contributed by atoms with Gasteiger partial charge in [0.2, 0.25) is 11.8 Å². The van der Waals surface area contributed by atoms with E-state index in [4.69, 9.17) is 0 Å². The summed E-state index contributed by atoms with van der Waals surface area (Å²) in [7, 11) is 1.61. The zero-order valence-corrected chi connectivity index (χ0v) is 10.2. The number of nitrogens with one attached hydrogen (secondary N) is 3. The highest BCUT2D eigenvalue weighted by Gasteiger charge is 2.36.